The van der Waals surface area contributed by atoms with E-state index in [9.17, 15) is 10.2 Å². The lowest BCUT2D eigenvalue weighted by Crippen LogP contribution is -1.95. The number of nitrogens with one attached hydrogen (secondary N) is 1. The van der Waals surface area contributed by atoms with Crippen molar-refractivity contribution < 1.29 is 14.9 Å². The molecule has 0 bridgehead atoms. The fourth-order valence-electron chi connectivity index (χ4n) is 11.5. The highest BCUT2D eigenvalue weighted by Crippen LogP contribution is 2.38. The Morgan fingerprint density at radius 1 is 0.381 bits per heavy atom. The number of aromatic amines is 1. The molecule has 17 rings (SSSR count). The maximum absolute atomic E-state index is 9.56. The van der Waals surface area contributed by atoms with E-state index in [2.05, 4.69) is 144 Å². The number of aromatic nitrogens is 21. The number of hydrogen-bond acceptors (Lipinski definition) is 24. The first-order valence-electron chi connectivity index (χ1n) is 30.2. The lowest BCUT2D eigenvalue weighted by atomic mass is 10.0. The number of aromatic hydroxyl groups is 2. The molecule has 15 N–H and O–H groups in total. The van der Waals surface area contributed by atoms with Crippen LogP contribution in [0, 0.1) is 20.8 Å². The number of rotatable bonds is 5. The number of benzene rings is 5. The quantitative estimate of drug-likeness (QED) is 0.0576. The highest BCUT2D eigenvalue weighted by molar-refractivity contribution is 6.03. The second kappa shape index (κ2) is 25.2. The van der Waals surface area contributed by atoms with E-state index in [1.807, 2.05) is 70.8 Å². The summed E-state index contributed by atoms with van der Waals surface area (Å²) in [4.78, 5) is 44.5. The van der Waals surface area contributed by atoms with Gasteiger partial charge in [-0.15, -0.1) is 0 Å². The van der Waals surface area contributed by atoms with Gasteiger partial charge in [0.15, 0.2) is 39.7 Å². The molecule has 97 heavy (non-hydrogen) atoms. The van der Waals surface area contributed by atoms with E-state index in [0.29, 0.717) is 62.7 Å². The highest BCUT2D eigenvalue weighted by Gasteiger charge is 2.22. The van der Waals surface area contributed by atoms with Crippen molar-refractivity contribution >= 4 is 101 Å². The number of phenolic OH excluding ortho intramolecular Hbond substituents is 2. The van der Waals surface area contributed by atoms with Crippen molar-refractivity contribution in [3.8, 4) is 73.5 Å². The largest absolute Gasteiger partial charge is 0.504 e. The molecule has 0 radical (unpaired) electrons. The van der Waals surface area contributed by atoms with Gasteiger partial charge in [0.2, 0.25) is 0 Å². The van der Waals surface area contributed by atoms with Crippen LogP contribution in [0.5, 0.6) is 17.2 Å². The van der Waals surface area contributed by atoms with Crippen molar-refractivity contribution in [1.82, 2.24) is 104 Å². The molecule has 0 unspecified atom stereocenters. The average molecular weight is 1300 g/mol. The topological polar surface area (TPSA) is 440 Å². The van der Waals surface area contributed by atoms with Gasteiger partial charge in [-0.3, -0.25) is 0 Å². The van der Waals surface area contributed by atoms with Gasteiger partial charge in [-0.25, -0.2) is 73.2 Å². The number of aryl methyl sites for hydroxylation is 8. The van der Waals surface area contributed by atoms with E-state index >= 15 is 0 Å². The van der Waals surface area contributed by atoms with E-state index < -0.39 is 0 Å². The lowest BCUT2D eigenvalue weighted by Gasteiger charge is -2.03. The van der Waals surface area contributed by atoms with Crippen molar-refractivity contribution in [2.24, 2.45) is 35.2 Å². The van der Waals surface area contributed by atoms with Crippen molar-refractivity contribution in [2.75, 3.05) is 41.0 Å². The number of H-pyrrole nitrogens is 1. The van der Waals surface area contributed by atoms with Crippen LogP contribution in [0.1, 0.15) is 22.3 Å². The molecule has 0 atom stereocenters. The Kier molecular flexibility index (Phi) is 16.2. The maximum Gasteiger partial charge on any atom is 0.163 e. The molecule has 1 aliphatic rings. The normalized spacial score (nSPS) is 11.6. The number of nitrogens with zero attached hydrogens (tertiary/aromatic N) is 20. The minimum Gasteiger partial charge on any atom is -0.504 e. The fraction of sp³-hybridized carbons (Fsp3) is 0.149. The van der Waals surface area contributed by atoms with E-state index in [0.717, 1.165) is 108 Å². The molecule has 16 aromatic rings. The summed E-state index contributed by atoms with van der Waals surface area (Å²) in [6, 6.07) is 30.5. The van der Waals surface area contributed by atoms with Gasteiger partial charge in [0.05, 0.1) is 33.5 Å². The summed E-state index contributed by atoms with van der Waals surface area (Å²) >= 11 is 0. The van der Waals surface area contributed by atoms with Gasteiger partial charge in [-0.2, -0.15) is 25.5 Å². The standard InChI is InChI=1S/C15H14N6.C14H13N5O.C14H15N5.C12H12N6.C12H11N5O2/c1-8-6-17-11-5-9(3-4-10(8)11)13-12-14(16)18-7-19-15(12)21(2)20-13;1-19-14-11(13(15)16-7-17-14)12(18-19)9-2-3-10-8(6-9)4-5-20-10;1-8-4-5-10(6-9(8)2)12-11-13(15)16-7-17-14(11)19(3)18-12;1-18-12-9(11(14)15-6-16-12)10(17-18)7-2-4-8(13)5-3-7;1-17-12-9(11(13)14-5-15-12)10(16-17)6-2-3-7(18)8(19)4-6/h3-7,17H,1-2H3,(H2,16,18,19);2-3,6-7H,4-5H2,1H3,(H2,15,16,17);4-7H,1-3H3,(H2,15,16,17);2-6H,13H2,1H3,(H2,14,15,16);2-5,18-19H,1H3,(H2,13,14,15). The zero-order chi connectivity index (χ0) is 68.1. The predicted molar refractivity (Wildman–Crippen MR) is 374 cm³/mol. The van der Waals surface area contributed by atoms with Crippen molar-refractivity contribution in [3.63, 3.8) is 0 Å². The molecule has 1 aliphatic heterocycles. The molecule has 30 heteroatoms. The average Bonchev–Trinajstić information content (AvgIpc) is 1.67. The van der Waals surface area contributed by atoms with Gasteiger partial charge in [0, 0.05) is 92.3 Å². The Morgan fingerprint density at radius 3 is 1.19 bits per heavy atom. The van der Waals surface area contributed by atoms with Crippen LogP contribution in [-0.2, 0) is 41.7 Å². The molecule has 0 saturated heterocycles. The summed E-state index contributed by atoms with van der Waals surface area (Å²) in [5.41, 5.74) is 54.1. The number of nitrogen functional groups attached to an aromatic ring is 6. The van der Waals surface area contributed by atoms with E-state index in [-0.39, 0.29) is 11.5 Å². The smallest absolute Gasteiger partial charge is 0.163 e. The minimum absolute atomic E-state index is 0.187. The highest BCUT2D eigenvalue weighted by atomic mass is 16.5. The molecule has 11 aromatic heterocycles. The summed E-state index contributed by atoms with van der Waals surface area (Å²) in [5, 5.41) is 46.3. The van der Waals surface area contributed by atoms with Crippen LogP contribution in [0.25, 0.3) is 122 Å². The zero-order valence-electron chi connectivity index (χ0n) is 53.8. The molecule has 0 aliphatic carbocycles. The van der Waals surface area contributed by atoms with Crippen LogP contribution in [-0.4, -0.2) is 121 Å². The van der Waals surface area contributed by atoms with Crippen LogP contribution in [0.2, 0.25) is 0 Å². The first-order chi connectivity index (χ1) is 46.7. The third-order valence-corrected chi connectivity index (χ3v) is 16.6. The maximum atomic E-state index is 9.56. The molecular weight excluding hydrogens is 1230 g/mol. The van der Waals surface area contributed by atoms with Crippen LogP contribution >= 0.6 is 0 Å². The fourth-order valence-corrected chi connectivity index (χ4v) is 11.5. The summed E-state index contributed by atoms with van der Waals surface area (Å²) < 4.78 is 14.0. The molecule has 0 amide bonds. The number of fused-ring (bicyclic) bond motifs is 7. The predicted octanol–water partition coefficient (Wildman–Crippen LogP) is 8.40. The summed E-state index contributed by atoms with van der Waals surface area (Å²) in [5.74, 6) is 2.67. The number of phenols is 2. The number of ether oxygens (including phenoxy) is 1. The van der Waals surface area contributed by atoms with E-state index in [1.54, 1.807) is 36.5 Å². The van der Waals surface area contributed by atoms with Crippen LogP contribution in [0.3, 0.4) is 0 Å². The van der Waals surface area contributed by atoms with Crippen LogP contribution in [0.15, 0.2) is 135 Å². The molecule has 0 fully saturated rings. The Bertz CT molecular complexity index is 5550. The zero-order valence-corrected chi connectivity index (χ0v) is 53.8. The Hall–Kier alpha value is -13.4. The number of nitrogens with two attached hydrogens (primary N) is 6. The second-order valence-corrected chi connectivity index (χ2v) is 22.9. The van der Waals surface area contributed by atoms with Gasteiger partial charge >= 0.3 is 0 Å². The van der Waals surface area contributed by atoms with Crippen molar-refractivity contribution in [3.05, 3.63) is 157 Å². The van der Waals surface area contributed by atoms with Gasteiger partial charge in [-0.1, -0.05) is 36.4 Å². The van der Waals surface area contributed by atoms with Gasteiger partial charge in [-0.05, 0) is 104 Å². The van der Waals surface area contributed by atoms with Crippen molar-refractivity contribution in [2.45, 2.75) is 27.2 Å². The number of anilines is 6. The van der Waals surface area contributed by atoms with Crippen LogP contribution < -0.4 is 39.1 Å². The Labute approximate surface area is 551 Å². The first kappa shape index (κ1) is 62.4. The molecule has 486 valence electrons. The molecule has 0 saturated carbocycles. The lowest BCUT2D eigenvalue weighted by molar-refractivity contribution is 0.357. The number of hydrogen-bond donors (Lipinski definition) is 9. The molecular formula is C67H65N27O3. The van der Waals surface area contributed by atoms with Crippen molar-refractivity contribution in [1.29, 1.82) is 0 Å². The SMILES string of the molecule is Cc1c[nH]c2cc(-c3nn(C)c4ncnc(N)c34)ccc12.Cc1ccc(-c2nn(C)c3ncnc(N)c23)cc1C.Cn1nc(-c2ccc(N)cc2)c2c(N)ncnc21.Cn1nc(-c2ccc(O)c(O)c2)c2c(N)ncnc21.Cn1nc(-c2ccc3c(c2)CCO3)c2c(N)ncnc21. The van der Waals surface area contributed by atoms with E-state index in [4.69, 9.17) is 39.1 Å². The minimum atomic E-state index is -0.216. The van der Waals surface area contributed by atoms with Crippen LogP contribution in [0.4, 0.5) is 34.8 Å². The molecule has 12 heterocycles. The Morgan fingerprint density at radius 2 is 0.753 bits per heavy atom. The van der Waals surface area contributed by atoms with Gasteiger partial charge in [0.1, 0.15) is 94.9 Å². The Balaban J connectivity index is 0.000000109. The monoisotopic (exact) mass is 1300 g/mol. The third-order valence-electron chi connectivity index (χ3n) is 16.6. The summed E-state index contributed by atoms with van der Waals surface area (Å²) in [7, 11) is 9.15. The van der Waals surface area contributed by atoms with Gasteiger partial charge < -0.3 is 54.3 Å². The molecule has 0 spiro atoms. The summed E-state index contributed by atoms with van der Waals surface area (Å²) in [6.07, 6.45) is 10.1. The molecule has 30 nitrogen and oxygen atoms in total. The van der Waals surface area contributed by atoms with Gasteiger partial charge in [0.25, 0.3) is 0 Å². The second-order valence-electron chi connectivity index (χ2n) is 22.9. The third kappa shape index (κ3) is 11.8. The van der Waals surface area contributed by atoms with E-state index in [1.165, 1.54) is 71.4 Å². The molecule has 5 aromatic carbocycles. The first-order valence-corrected chi connectivity index (χ1v) is 30.2. The summed E-state index contributed by atoms with van der Waals surface area (Å²) in [6.45, 7) is 7.00.